The van der Waals surface area contributed by atoms with E-state index in [2.05, 4.69) is 38.1 Å². The van der Waals surface area contributed by atoms with Crippen molar-refractivity contribution in [3.8, 4) is 5.75 Å². The molecule has 94 valence electrons. The first kappa shape index (κ1) is 12.5. The second kappa shape index (κ2) is 6.09. The Morgan fingerprint density at radius 3 is 2.29 bits per heavy atom. The van der Waals surface area contributed by atoms with Crippen molar-refractivity contribution in [2.75, 3.05) is 0 Å². The summed E-state index contributed by atoms with van der Waals surface area (Å²) in [4.78, 5) is 0. The quantitative estimate of drug-likeness (QED) is 0.729. The van der Waals surface area contributed by atoms with Crippen LogP contribution in [0.3, 0.4) is 0 Å². The van der Waals surface area contributed by atoms with Crippen molar-refractivity contribution in [2.45, 2.75) is 58.5 Å². The molecular formula is C16H24O. The number of hydrogen-bond acceptors (Lipinski definition) is 1. The molecule has 0 heterocycles. The van der Waals surface area contributed by atoms with Crippen LogP contribution in [0.15, 0.2) is 24.3 Å². The summed E-state index contributed by atoms with van der Waals surface area (Å²) in [5, 5.41) is 0. The van der Waals surface area contributed by atoms with E-state index in [0.717, 1.165) is 11.7 Å². The van der Waals surface area contributed by atoms with Crippen molar-refractivity contribution >= 4 is 0 Å². The van der Waals surface area contributed by atoms with Crippen LogP contribution in [0, 0.1) is 12.8 Å². The van der Waals surface area contributed by atoms with E-state index in [4.69, 9.17) is 4.74 Å². The topological polar surface area (TPSA) is 9.23 Å². The molecule has 0 saturated heterocycles. The average Bonchev–Trinajstić information content (AvgIpc) is 2.35. The monoisotopic (exact) mass is 232 g/mol. The molecule has 17 heavy (non-hydrogen) atoms. The smallest absolute Gasteiger partial charge is 0.119 e. The van der Waals surface area contributed by atoms with Crippen LogP contribution in [0.5, 0.6) is 5.75 Å². The minimum atomic E-state index is 0.450. The lowest BCUT2D eigenvalue weighted by molar-refractivity contribution is 0.128. The zero-order valence-electron chi connectivity index (χ0n) is 11.1. The van der Waals surface area contributed by atoms with Crippen LogP contribution in [0.1, 0.15) is 51.0 Å². The Balaban J connectivity index is 1.79. The standard InChI is InChI=1S/C16H24O/c1-3-4-14-7-11-16(12-8-14)17-15-9-5-13(2)6-10-15/h5-6,9-10,14,16H,3-4,7-8,11-12H2,1-2H3. The summed E-state index contributed by atoms with van der Waals surface area (Å²) in [6, 6.07) is 8.43. The van der Waals surface area contributed by atoms with Crippen molar-refractivity contribution < 1.29 is 4.74 Å². The maximum absolute atomic E-state index is 6.04. The Morgan fingerprint density at radius 2 is 1.71 bits per heavy atom. The fourth-order valence-electron chi connectivity index (χ4n) is 2.76. The molecule has 1 aliphatic rings. The Kier molecular flexibility index (Phi) is 4.47. The SMILES string of the molecule is CCCC1CCC(Oc2ccc(C)cc2)CC1. The fraction of sp³-hybridized carbons (Fsp3) is 0.625. The Hall–Kier alpha value is -0.980. The first-order valence-electron chi connectivity index (χ1n) is 7.01. The van der Waals surface area contributed by atoms with Gasteiger partial charge in [0.1, 0.15) is 5.75 Å². The van der Waals surface area contributed by atoms with Crippen molar-refractivity contribution in [3.63, 3.8) is 0 Å². The second-order valence-corrected chi connectivity index (χ2v) is 5.36. The fourth-order valence-corrected chi connectivity index (χ4v) is 2.76. The zero-order valence-corrected chi connectivity index (χ0v) is 11.1. The molecule has 0 radical (unpaired) electrons. The molecular weight excluding hydrogens is 208 g/mol. The van der Waals surface area contributed by atoms with Gasteiger partial charge >= 0.3 is 0 Å². The molecule has 1 saturated carbocycles. The highest BCUT2D eigenvalue weighted by atomic mass is 16.5. The van der Waals surface area contributed by atoms with Crippen LogP contribution in [0.25, 0.3) is 0 Å². The maximum atomic E-state index is 6.04. The third kappa shape index (κ3) is 3.76. The third-order valence-electron chi connectivity index (χ3n) is 3.81. The maximum Gasteiger partial charge on any atom is 0.119 e. The average molecular weight is 232 g/mol. The zero-order chi connectivity index (χ0) is 12.1. The van der Waals surface area contributed by atoms with Crippen LogP contribution >= 0.6 is 0 Å². The summed E-state index contributed by atoms with van der Waals surface area (Å²) in [6.07, 6.45) is 8.35. The van der Waals surface area contributed by atoms with Gasteiger partial charge in [-0.3, -0.25) is 0 Å². The molecule has 0 N–H and O–H groups in total. The van der Waals surface area contributed by atoms with Gasteiger partial charge in [0.15, 0.2) is 0 Å². The molecule has 2 rings (SSSR count). The van der Waals surface area contributed by atoms with E-state index in [-0.39, 0.29) is 0 Å². The van der Waals surface area contributed by atoms with Crippen LogP contribution < -0.4 is 4.74 Å². The summed E-state index contributed by atoms with van der Waals surface area (Å²) in [6.45, 7) is 4.40. The number of ether oxygens (including phenoxy) is 1. The van der Waals surface area contributed by atoms with Crippen LogP contribution in [0.2, 0.25) is 0 Å². The van der Waals surface area contributed by atoms with Gasteiger partial charge in [0, 0.05) is 0 Å². The summed E-state index contributed by atoms with van der Waals surface area (Å²) < 4.78 is 6.04. The van der Waals surface area contributed by atoms with Gasteiger partial charge in [-0.1, -0.05) is 37.5 Å². The first-order chi connectivity index (χ1) is 8.28. The van der Waals surface area contributed by atoms with Gasteiger partial charge in [0.05, 0.1) is 6.10 Å². The number of benzene rings is 1. The third-order valence-corrected chi connectivity index (χ3v) is 3.81. The predicted octanol–water partition coefficient (Wildman–Crippen LogP) is 4.73. The van der Waals surface area contributed by atoms with Gasteiger partial charge in [0.25, 0.3) is 0 Å². The van der Waals surface area contributed by atoms with Crippen molar-refractivity contribution in [1.82, 2.24) is 0 Å². The predicted molar refractivity (Wildman–Crippen MR) is 72.5 cm³/mol. The minimum absolute atomic E-state index is 0.450. The molecule has 1 aromatic rings. The number of rotatable bonds is 4. The highest BCUT2D eigenvalue weighted by Gasteiger charge is 2.21. The molecule has 1 nitrogen and oxygen atoms in total. The van der Waals surface area contributed by atoms with E-state index >= 15 is 0 Å². The molecule has 0 amide bonds. The summed E-state index contributed by atoms with van der Waals surface area (Å²) in [5.74, 6) is 1.99. The van der Waals surface area contributed by atoms with Gasteiger partial charge in [-0.2, -0.15) is 0 Å². The molecule has 1 aromatic carbocycles. The highest BCUT2D eigenvalue weighted by molar-refractivity contribution is 5.26. The van der Waals surface area contributed by atoms with E-state index < -0.39 is 0 Å². The summed E-state index contributed by atoms with van der Waals surface area (Å²) >= 11 is 0. The lowest BCUT2D eigenvalue weighted by atomic mass is 9.85. The molecule has 0 bridgehead atoms. The first-order valence-corrected chi connectivity index (χ1v) is 7.01. The van der Waals surface area contributed by atoms with Crippen molar-refractivity contribution in [2.24, 2.45) is 5.92 Å². The molecule has 0 unspecified atom stereocenters. The number of aryl methyl sites for hydroxylation is 1. The summed E-state index contributed by atoms with van der Waals surface area (Å²) in [5.41, 5.74) is 1.30. The van der Waals surface area contributed by atoms with Gasteiger partial charge in [-0.25, -0.2) is 0 Å². The summed E-state index contributed by atoms with van der Waals surface area (Å²) in [7, 11) is 0. The number of hydrogen-bond donors (Lipinski definition) is 0. The molecule has 0 aliphatic heterocycles. The largest absolute Gasteiger partial charge is 0.490 e. The normalized spacial score (nSPS) is 24.6. The van der Waals surface area contributed by atoms with Gasteiger partial charge in [0.2, 0.25) is 0 Å². The lowest BCUT2D eigenvalue weighted by Crippen LogP contribution is -2.24. The van der Waals surface area contributed by atoms with E-state index in [9.17, 15) is 0 Å². The minimum Gasteiger partial charge on any atom is -0.490 e. The molecule has 0 aromatic heterocycles. The molecule has 1 fully saturated rings. The molecule has 0 atom stereocenters. The van der Waals surface area contributed by atoms with E-state index in [1.54, 1.807) is 0 Å². The second-order valence-electron chi connectivity index (χ2n) is 5.36. The van der Waals surface area contributed by atoms with Crippen LogP contribution in [-0.2, 0) is 0 Å². The lowest BCUT2D eigenvalue weighted by Gasteiger charge is -2.28. The molecule has 1 aliphatic carbocycles. The van der Waals surface area contributed by atoms with Gasteiger partial charge < -0.3 is 4.74 Å². The molecule has 1 heteroatoms. The van der Waals surface area contributed by atoms with Crippen molar-refractivity contribution in [1.29, 1.82) is 0 Å². The van der Waals surface area contributed by atoms with Gasteiger partial charge in [-0.05, 0) is 50.7 Å². The van der Waals surface area contributed by atoms with E-state index in [1.165, 1.54) is 44.1 Å². The van der Waals surface area contributed by atoms with Gasteiger partial charge in [-0.15, -0.1) is 0 Å². The Morgan fingerprint density at radius 1 is 1.06 bits per heavy atom. The van der Waals surface area contributed by atoms with Crippen LogP contribution in [-0.4, -0.2) is 6.10 Å². The Bertz CT molecular complexity index is 320. The Labute approximate surface area is 105 Å². The van der Waals surface area contributed by atoms with E-state index in [0.29, 0.717) is 6.10 Å². The molecule has 0 spiro atoms. The van der Waals surface area contributed by atoms with E-state index in [1.807, 2.05) is 0 Å². The van der Waals surface area contributed by atoms with Crippen molar-refractivity contribution in [3.05, 3.63) is 29.8 Å². The van der Waals surface area contributed by atoms with Crippen LogP contribution in [0.4, 0.5) is 0 Å². The highest BCUT2D eigenvalue weighted by Crippen LogP contribution is 2.30.